The first kappa shape index (κ1) is 14.6. The van der Waals surface area contributed by atoms with E-state index in [-0.39, 0.29) is 18.4 Å². The SMILES string of the molecule is Cl.N[C@@H](c1ccc2c(c1)Cc1ccccc1-2)[C@H](O)C1CC1. The number of hydrogen-bond acceptors (Lipinski definition) is 2. The van der Waals surface area contributed by atoms with Gasteiger partial charge in [-0.3, -0.25) is 0 Å². The fourth-order valence-corrected chi connectivity index (χ4v) is 3.30. The van der Waals surface area contributed by atoms with Gasteiger partial charge < -0.3 is 10.8 Å². The number of aliphatic hydroxyl groups excluding tert-OH is 1. The van der Waals surface area contributed by atoms with Gasteiger partial charge in [-0.25, -0.2) is 0 Å². The Labute approximate surface area is 131 Å². The number of aliphatic hydroxyl groups is 1. The second-order valence-electron chi connectivity index (χ2n) is 6.10. The van der Waals surface area contributed by atoms with Crippen molar-refractivity contribution in [2.75, 3.05) is 0 Å². The van der Waals surface area contributed by atoms with E-state index in [1.807, 2.05) is 0 Å². The van der Waals surface area contributed by atoms with Crippen molar-refractivity contribution in [3.05, 3.63) is 59.2 Å². The molecule has 3 N–H and O–H groups in total. The number of nitrogens with two attached hydrogens (primary N) is 1. The van der Waals surface area contributed by atoms with Gasteiger partial charge in [0.2, 0.25) is 0 Å². The molecule has 0 saturated heterocycles. The van der Waals surface area contributed by atoms with Crippen molar-refractivity contribution in [2.24, 2.45) is 11.7 Å². The third kappa shape index (κ3) is 2.48. The normalized spacial score (nSPS) is 18.4. The molecule has 2 aromatic carbocycles. The molecule has 110 valence electrons. The first-order chi connectivity index (χ1) is 9.74. The van der Waals surface area contributed by atoms with Crippen molar-refractivity contribution >= 4 is 12.4 Å². The van der Waals surface area contributed by atoms with Crippen molar-refractivity contribution < 1.29 is 5.11 Å². The molecule has 0 bridgehead atoms. The van der Waals surface area contributed by atoms with E-state index in [2.05, 4.69) is 42.5 Å². The van der Waals surface area contributed by atoms with Gasteiger partial charge in [0.1, 0.15) is 0 Å². The van der Waals surface area contributed by atoms with Crippen LogP contribution in [0.3, 0.4) is 0 Å². The molecule has 0 unspecified atom stereocenters. The minimum absolute atomic E-state index is 0. The summed E-state index contributed by atoms with van der Waals surface area (Å²) >= 11 is 0. The Hall–Kier alpha value is -1.35. The first-order valence-electron chi connectivity index (χ1n) is 7.39. The number of halogens is 1. The molecule has 2 atom stereocenters. The fraction of sp³-hybridized carbons (Fsp3) is 0.333. The Morgan fingerprint density at radius 3 is 2.48 bits per heavy atom. The van der Waals surface area contributed by atoms with Crippen LogP contribution in [0.2, 0.25) is 0 Å². The highest BCUT2D eigenvalue weighted by molar-refractivity contribution is 5.85. The number of benzene rings is 2. The standard InChI is InChI=1S/C18H19NO.ClH/c19-17(18(20)11-5-6-11)13-7-8-16-14(10-13)9-12-3-1-2-4-15(12)16;/h1-4,7-8,10-11,17-18,20H,5-6,9,19H2;1H/t17-,18+;/m0./s1. The Balaban J connectivity index is 0.00000132. The Kier molecular flexibility index (Phi) is 3.78. The predicted octanol–water partition coefficient (Wildman–Crippen LogP) is 3.45. The predicted molar refractivity (Wildman–Crippen MR) is 87.6 cm³/mol. The van der Waals surface area contributed by atoms with Gasteiger partial charge in [0.25, 0.3) is 0 Å². The molecule has 2 aliphatic rings. The Morgan fingerprint density at radius 2 is 1.71 bits per heavy atom. The van der Waals surface area contributed by atoms with E-state index in [1.165, 1.54) is 22.3 Å². The molecule has 2 aliphatic carbocycles. The zero-order valence-electron chi connectivity index (χ0n) is 11.8. The van der Waals surface area contributed by atoms with Gasteiger partial charge in [-0.1, -0.05) is 42.5 Å². The van der Waals surface area contributed by atoms with Crippen LogP contribution in [-0.4, -0.2) is 11.2 Å². The molecule has 2 nitrogen and oxygen atoms in total. The van der Waals surface area contributed by atoms with Gasteiger partial charge in [0, 0.05) is 0 Å². The number of fused-ring (bicyclic) bond motifs is 3. The average Bonchev–Trinajstić information content (AvgIpc) is 3.26. The summed E-state index contributed by atoms with van der Waals surface area (Å²) in [6.07, 6.45) is 2.82. The van der Waals surface area contributed by atoms with Crippen LogP contribution in [0.1, 0.15) is 35.6 Å². The molecule has 0 spiro atoms. The lowest BCUT2D eigenvalue weighted by molar-refractivity contribution is 0.122. The summed E-state index contributed by atoms with van der Waals surface area (Å²) in [4.78, 5) is 0. The molecular weight excluding hydrogens is 282 g/mol. The Bertz CT molecular complexity index is 666. The quantitative estimate of drug-likeness (QED) is 0.778. The van der Waals surface area contributed by atoms with Gasteiger partial charge >= 0.3 is 0 Å². The van der Waals surface area contributed by atoms with Crippen molar-refractivity contribution in [3.8, 4) is 11.1 Å². The minimum Gasteiger partial charge on any atom is -0.391 e. The lowest BCUT2D eigenvalue weighted by Gasteiger charge is -2.19. The lowest BCUT2D eigenvalue weighted by Crippen LogP contribution is -2.27. The van der Waals surface area contributed by atoms with Crippen LogP contribution in [0.4, 0.5) is 0 Å². The molecule has 21 heavy (non-hydrogen) atoms. The van der Waals surface area contributed by atoms with Gasteiger partial charge in [0.15, 0.2) is 0 Å². The fourth-order valence-electron chi connectivity index (χ4n) is 3.30. The molecule has 0 radical (unpaired) electrons. The molecular formula is C18H20ClNO. The van der Waals surface area contributed by atoms with Crippen LogP contribution in [0.5, 0.6) is 0 Å². The van der Waals surface area contributed by atoms with E-state index in [4.69, 9.17) is 5.73 Å². The zero-order valence-corrected chi connectivity index (χ0v) is 12.6. The third-order valence-corrected chi connectivity index (χ3v) is 4.68. The van der Waals surface area contributed by atoms with E-state index in [0.717, 1.165) is 24.8 Å². The number of hydrogen-bond donors (Lipinski definition) is 2. The summed E-state index contributed by atoms with van der Waals surface area (Å²) in [5.74, 6) is 0.412. The molecule has 4 rings (SSSR count). The highest BCUT2D eigenvalue weighted by atomic mass is 35.5. The average molecular weight is 302 g/mol. The van der Waals surface area contributed by atoms with Crippen molar-refractivity contribution in [1.82, 2.24) is 0 Å². The maximum Gasteiger partial charge on any atom is 0.0760 e. The van der Waals surface area contributed by atoms with Crippen LogP contribution in [0.25, 0.3) is 11.1 Å². The molecule has 0 aromatic heterocycles. The van der Waals surface area contributed by atoms with E-state index in [0.29, 0.717) is 5.92 Å². The van der Waals surface area contributed by atoms with Crippen LogP contribution in [-0.2, 0) is 6.42 Å². The van der Waals surface area contributed by atoms with Crippen LogP contribution in [0.15, 0.2) is 42.5 Å². The smallest absolute Gasteiger partial charge is 0.0760 e. The van der Waals surface area contributed by atoms with Crippen molar-refractivity contribution in [2.45, 2.75) is 31.4 Å². The lowest BCUT2D eigenvalue weighted by atomic mass is 9.95. The van der Waals surface area contributed by atoms with Gasteiger partial charge in [-0.15, -0.1) is 12.4 Å². The monoisotopic (exact) mass is 301 g/mol. The molecule has 1 saturated carbocycles. The van der Waals surface area contributed by atoms with Crippen molar-refractivity contribution in [1.29, 1.82) is 0 Å². The summed E-state index contributed by atoms with van der Waals surface area (Å²) in [7, 11) is 0. The summed E-state index contributed by atoms with van der Waals surface area (Å²) in [5.41, 5.74) is 12.7. The third-order valence-electron chi connectivity index (χ3n) is 4.68. The zero-order chi connectivity index (χ0) is 13.7. The maximum absolute atomic E-state index is 10.2. The van der Waals surface area contributed by atoms with Crippen molar-refractivity contribution in [3.63, 3.8) is 0 Å². The second-order valence-corrected chi connectivity index (χ2v) is 6.10. The highest BCUT2D eigenvalue weighted by Gasteiger charge is 2.34. The van der Waals surface area contributed by atoms with E-state index >= 15 is 0 Å². The summed E-state index contributed by atoms with van der Waals surface area (Å²) in [6, 6.07) is 14.7. The van der Waals surface area contributed by atoms with E-state index in [9.17, 15) is 5.11 Å². The molecule has 1 fully saturated rings. The summed E-state index contributed by atoms with van der Waals surface area (Å²) < 4.78 is 0. The van der Waals surface area contributed by atoms with Crippen LogP contribution >= 0.6 is 12.4 Å². The van der Waals surface area contributed by atoms with Gasteiger partial charge in [-0.05, 0) is 53.0 Å². The molecule has 0 aliphatic heterocycles. The molecule has 3 heteroatoms. The number of rotatable bonds is 3. The largest absolute Gasteiger partial charge is 0.391 e. The van der Waals surface area contributed by atoms with E-state index < -0.39 is 6.10 Å². The molecule has 0 heterocycles. The second kappa shape index (κ2) is 5.45. The first-order valence-corrected chi connectivity index (χ1v) is 7.39. The summed E-state index contributed by atoms with van der Waals surface area (Å²) in [5, 5.41) is 10.2. The molecule has 2 aromatic rings. The minimum atomic E-state index is -0.392. The van der Waals surface area contributed by atoms with Gasteiger partial charge in [-0.2, -0.15) is 0 Å². The molecule has 0 amide bonds. The van der Waals surface area contributed by atoms with E-state index in [1.54, 1.807) is 0 Å². The maximum atomic E-state index is 10.2. The Morgan fingerprint density at radius 1 is 1.00 bits per heavy atom. The van der Waals surface area contributed by atoms with Crippen LogP contribution in [0, 0.1) is 5.92 Å². The topological polar surface area (TPSA) is 46.2 Å². The van der Waals surface area contributed by atoms with Gasteiger partial charge in [0.05, 0.1) is 12.1 Å². The highest BCUT2D eigenvalue weighted by Crippen LogP contribution is 2.40. The summed E-state index contributed by atoms with van der Waals surface area (Å²) in [6.45, 7) is 0. The van der Waals surface area contributed by atoms with Crippen LogP contribution < -0.4 is 5.73 Å².